The molecule has 0 aliphatic heterocycles. The number of ether oxygens (including phenoxy) is 1. The molecule has 260 valence electrons. The van der Waals surface area contributed by atoms with Crippen LogP contribution in [-0.4, -0.2) is 46.6 Å². The largest absolute Gasteiger partial charge is 0.460 e. The number of aliphatic hydroxyl groups excluding tert-OH is 1. The predicted molar refractivity (Wildman–Crippen MR) is 197 cm³/mol. The molecule has 0 amide bonds. The molecule has 0 radical (unpaired) electrons. The number of sulfonamides is 1. The summed E-state index contributed by atoms with van der Waals surface area (Å²) in [6.45, 7) is 12.3. The quantitative estimate of drug-likeness (QED) is 0.130. The van der Waals surface area contributed by atoms with E-state index in [0.29, 0.717) is 12.8 Å². The minimum Gasteiger partial charge on any atom is -0.460 e. The molecule has 0 unspecified atom stereocenters. The zero-order valence-corrected chi connectivity index (χ0v) is 31.1. The van der Waals surface area contributed by atoms with Crippen molar-refractivity contribution in [1.29, 1.82) is 0 Å². The Morgan fingerprint density at radius 2 is 1.43 bits per heavy atom. The summed E-state index contributed by atoms with van der Waals surface area (Å²) >= 11 is 0. The van der Waals surface area contributed by atoms with Gasteiger partial charge < -0.3 is 14.3 Å². The molecule has 0 heterocycles. The summed E-state index contributed by atoms with van der Waals surface area (Å²) < 4.78 is 43.0. The molecule has 0 aromatic heterocycles. The van der Waals surface area contributed by atoms with Gasteiger partial charge in [-0.3, -0.25) is 4.79 Å². The monoisotopic (exact) mass is 699 g/mol. The smallest absolute Gasteiger partial charge is 0.312 e. The molecule has 1 aliphatic rings. The van der Waals surface area contributed by atoms with E-state index in [0.717, 1.165) is 27.1 Å². The summed E-state index contributed by atoms with van der Waals surface area (Å²) in [6.07, 6.45) is -1.21. The second kappa shape index (κ2) is 15.1. The first kappa shape index (κ1) is 36.7. The van der Waals surface area contributed by atoms with Crippen molar-refractivity contribution in [2.45, 2.75) is 82.6 Å². The minimum atomic E-state index is -3.93. The number of esters is 1. The third-order valence-corrected chi connectivity index (χ3v) is 15.9. The van der Waals surface area contributed by atoms with Crippen LogP contribution in [-0.2, 0) is 30.4 Å². The maximum atomic E-state index is 14.1. The van der Waals surface area contributed by atoms with Gasteiger partial charge >= 0.3 is 5.97 Å². The Bertz CT molecular complexity index is 1770. The number of fused-ring (bicyclic) bond motifs is 1. The van der Waals surface area contributed by atoms with Crippen molar-refractivity contribution in [3.63, 3.8) is 0 Å². The molecule has 0 saturated carbocycles. The maximum absolute atomic E-state index is 14.1. The SMILES string of the molecule is Cc1ccc(S(=O)(=O)N[C@@H]2c3ccccc3C[C@@H]2OC(=O)[C@H](CC(C)C)[C@H](O)CO[Si](c2ccccc2)(c2ccccc2)C(C)(C)C)cc1. The van der Waals surface area contributed by atoms with E-state index in [2.05, 4.69) is 49.8 Å². The van der Waals surface area contributed by atoms with Gasteiger partial charge in [-0.2, -0.15) is 4.72 Å². The van der Waals surface area contributed by atoms with Gasteiger partial charge in [0.25, 0.3) is 8.32 Å². The molecule has 4 aromatic rings. The van der Waals surface area contributed by atoms with Crippen LogP contribution in [0, 0.1) is 18.8 Å². The number of aliphatic hydroxyl groups is 1. The van der Waals surface area contributed by atoms with Crippen molar-refractivity contribution in [3.05, 3.63) is 126 Å². The van der Waals surface area contributed by atoms with Gasteiger partial charge in [0, 0.05) is 6.42 Å². The highest BCUT2D eigenvalue weighted by atomic mass is 32.2. The fourth-order valence-electron chi connectivity index (χ4n) is 7.00. The zero-order valence-electron chi connectivity index (χ0n) is 29.3. The van der Waals surface area contributed by atoms with E-state index in [1.807, 2.05) is 81.4 Å². The van der Waals surface area contributed by atoms with E-state index >= 15 is 0 Å². The second-order valence-electron chi connectivity index (χ2n) is 14.6. The lowest BCUT2D eigenvalue weighted by molar-refractivity contribution is -0.160. The summed E-state index contributed by atoms with van der Waals surface area (Å²) in [7, 11) is -6.90. The van der Waals surface area contributed by atoms with Gasteiger partial charge in [-0.15, -0.1) is 0 Å². The third-order valence-electron chi connectivity index (χ3n) is 9.44. The highest BCUT2D eigenvalue weighted by molar-refractivity contribution is 7.89. The molecule has 4 aromatic carbocycles. The summed E-state index contributed by atoms with van der Waals surface area (Å²) in [6, 6.07) is 33.7. The number of carbonyl (C=O) groups is 1. The first-order chi connectivity index (χ1) is 23.2. The van der Waals surface area contributed by atoms with Crippen LogP contribution in [0.5, 0.6) is 0 Å². The van der Waals surface area contributed by atoms with Gasteiger partial charge in [0.05, 0.1) is 29.6 Å². The number of hydrogen-bond acceptors (Lipinski definition) is 6. The number of nitrogens with one attached hydrogen (secondary N) is 1. The molecule has 49 heavy (non-hydrogen) atoms. The summed E-state index contributed by atoms with van der Waals surface area (Å²) in [5.41, 5.74) is 2.63. The molecular weight excluding hydrogens is 651 g/mol. The highest BCUT2D eigenvalue weighted by Crippen LogP contribution is 2.38. The van der Waals surface area contributed by atoms with Crippen molar-refractivity contribution in [1.82, 2.24) is 4.72 Å². The van der Waals surface area contributed by atoms with Gasteiger partial charge in [-0.25, -0.2) is 8.42 Å². The van der Waals surface area contributed by atoms with Crippen LogP contribution in [0.25, 0.3) is 0 Å². The van der Waals surface area contributed by atoms with Gasteiger partial charge in [0.2, 0.25) is 10.0 Å². The van der Waals surface area contributed by atoms with E-state index in [1.165, 1.54) is 0 Å². The van der Waals surface area contributed by atoms with Crippen LogP contribution < -0.4 is 15.1 Å². The first-order valence-corrected chi connectivity index (χ1v) is 20.4. The van der Waals surface area contributed by atoms with Crippen molar-refractivity contribution < 1.29 is 27.5 Å². The topological polar surface area (TPSA) is 102 Å². The molecule has 7 nitrogen and oxygen atoms in total. The number of rotatable bonds is 13. The minimum absolute atomic E-state index is 0.0614. The second-order valence-corrected chi connectivity index (χ2v) is 20.6. The number of aryl methyl sites for hydroxylation is 1. The van der Waals surface area contributed by atoms with Crippen LogP contribution in [0.15, 0.2) is 114 Å². The molecule has 0 fully saturated rings. The van der Waals surface area contributed by atoms with Crippen LogP contribution in [0.2, 0.25) is 5.04 Å². The normalized spacial score (nSPS) is 17.8. The zero-order chi connectivity index (χ0) is 35.4. The van der Waals surface area contributed by atoms with Crippen molar-refractivity contribution >= 4 is 34.7 Å². The van der Waals surface area contributed by atoms with E-state index in [-0.39, 0.29) is 22.5 Å². The molecule has 5 rings (SSSR count). The molecule has 1 aliphatic carbocycles. The fourth-order valence-corrected chi connectivity index (χ4v) is 12.8. The summed E-state index contributed by atoms with van der Waals surface area (Å²) in [5, 5.41) is 13.7. The molecule has 0 spiro atoms. The Kier molecular flexibility index (Phi) is 11.3. The number of hydrogen-bond donors (Lipinski definition) is 2. The lowest BCUT2D eigenvalue weighted by atomic mass is 9.92. The van der Waals surface area contributed by atoms with Crippen molar-refractivity contribution in [3.8, 4) is 0 Å². The molecule has 9 heteroatoms. The van der Waals surface area contributed by atoms with E-state index < -0.39 is 48.5 Å². The van der Waals surface area contributed by atoms with Gasteiger partial charge in [-0.1, -0.05) is 137 Å². The third kappa shape index (κ3) is 8.08. The van der Waals surface area contributed by atoms with Crippen molar-refractivity contribution in [2.75, 3.05) is 6.61 Å². The van der Waals surface area contributed by atoms with Gasteiger partial charge in [-0.05, 0) is 57.9 Å². The summed E-state index contributed by atoms with van der Waals surface area (Å²) in [4.78, 5) is 14.2. The molecule has 0 saturated heterocycles. The molecule has 0 bridgehead atoms. The maximum Gasteiger partial charge on any atom is 0.312 e. The van der Waals surface area contributed by atoms with Crippen LogP contribution in [0.4, 0.5) is 0 Å². The number of carbonyl (C=O) groups excluding carboxylic acids is 1. The standard InChI is InChI=1S/C40H49NO6SSi/c1-28(2)25-35(36(42)27-46-49(40(4,5)6,32-16-9-7-10-17-32)33-18-11-8-12-19-33)39(43)47-37-26-30-15-13-14-20-34(30)38(37)41-48(44,45)31-23-21-29(3)22-24-31/h7-24,28,35-38,41-42H,25-27H2,1-6H3/t35-,36-,37+,38-/m1/s1. The molecule has 2 N–H and O–H groups in total. The average molecular weight is 700 g/mol. The predicted octanol–water partition coefficient (Wildman–Crippen LogP) is 6.08. The van der Waals surface area contributed by atoms with E-state index in [1.54, 1.807) is 24.3 Å². The van der Waals surface area contributed by atoms with Crippen LogP contribution in [0.1, 0.15) is 63.8 Å². The molecule has 4 atom stereocenters. The van der Waals surface area contributed by atoms with E-state index in [9.17, 15) is 18.3 Å². The number of benzene rings is 4. The van der Waals surface area contributed by atoms with Gasteiger partial charge in [0.15, 0.2) is 0 Å². The van der Waals surface area contributed by atoms with Crippen molar-refractivity contribution in [2.24, 2.45) is 11.8 Å². The van der Waals surface area contributed by atoms with E-state index in [4.69, 9.17) is 9.16 Å². The summed E-state index contributed by atoms with van der Waals surface area (Å²) in [5.74, 6) is -1.36. The Balaban J connectivity index is 1.41. The highest BCUT2D eigenvalue weighted by Gasteiger charge is 2.51. The van der Waals surface area contributed by atoms with Crippen LogP contribution >= 0.6 is 0 Å². The Morgan fingerprint density at radius 3 is 1.98 bits per heavy atom. The fraction of sp³-hybridized carbons (Fsp3) is 0.375. The lowest BCUT2D eigenvalue weighted by Crippen LogP contribution is -2.67. The molecular formula is C40H49NO6SSi. The Hall–Kier alpha value is -3.60. The van der Waals surface area contributed by atoms with Crippen LogP contribution in [0.3, 0.4) is 0 Å². The Labute approximate surface area is 292 Å². The lowest BCUT2D eigenvalue weighted by Gasteiger charge is -2.43. The average Bonchev–Trinajstić information content (AvgIpc) is 3.40. The Morgan fingerprint density at radius 1 is 0.878 bits per heavy atom. The van der Waals surface area contributed by atoms with Gasteiger partial charge in [0.1, 0.15) is 6.10 Å². The first-order valence-electron chi connectivity index (χ1n) is 17.0.